The van der Waals surface area contributed by atoms with Gasteiger partial charge in [-0.05, 0) is 56.7 Å². The molecule has 0 atom stereocenters. The fraction of sp³-hybridized carbons (Fsp3) is 0.240. The molecular weight excluding hydrogens is 426 g/mol. The summed E-state index contributed by atoms with van der Waals surface area (Å²) >= 11 is 5.99. The van der Waals surface area contributed by atoms with Gasteiger partial charge in [-0.15, -0.1) is 0 Å². The van der Waals surface area contributed by atoms with Gasteiger partial charge in [0.2, 0.25) is 5.78 Å². The molecule has 3 aromatic rings. The molecule has 0 saturated carbocycles. The fourth-order valence-corrected chi connectivity index (χ4v) is 4.19. The van der Waals surface area contributed by atoms with Gasteiger partial charge in [0.1, 0.15) is 0 Å². The number of oxime groups is 1. The van der Waals surface area contributed by atoms with Crippen LogP contribution in [0, 0.1) is 13.8 Å². The highest BCUT2D eigenvalue weighted by atomic mass is 35.5. The van der Waals surface area contributed by atoms with Crippen molar-refractivity contribution in [2.45, 2.75) is 27.2 Å². The van der Waals surface area contributed by atoms with Gasteiger partial charge in [0.25, 0.3) is 5.91 Å². The lowest BCUT2D eigenvalue weighted by atomic mass is 10.1. The number of anilines is 1. The fourth-order valence-electron chi connectivity index (χ4n) is 4.06. The van der Waals surface area contributed by atoms with Crippen LogP contribution in [0.2, 0.25) is 5.02 Å². The second-order valence-corrected chi connectivity index (χ2v) is 8.14. The van der Waals surface area contributed by atoms with Crippen molar-refractivity contribution in [2.24, 2.45) is 5.16 Å². The zero-order valence-corrected chi connectivity index (χ0v) is 19.0. The monoisotopic (exact) mass is 449 g/mol. The average molecular weight is 450 g/mol. The molecule has 0 aliphatic carbocycles. The molecule has 0 N–H and O–H groups in total. The standard InChI is InChI=1S/C25H24ClN3O3/c1-4-13-28-22-8-6-5-7-20(22)24(25(28)31)27-32-15-23(30)21-14-16(2)29(17(21)3)19-11-9-18(26)10-12-19/h5-12,14H,4,13,15H2,1-3H3/b27-24-. The predicted octanol–water partition coefficient (Wildman–Crippen LogP) is 5.11. The van der Waals surface area contributed by atoms with Crippen molar-refractivity contribution in [3.63, 3.8) is 0 Å². The van der Waals surface area contributed by atoms with Gasteiger partial charge >= 0.3 is 0 Å². The molecule has 164 valence electrons. The summed E-state index contributed by atoms with van der Waals surface area (Å²) in [6.45, 7) is 6.19. The first-order valence-corrected chi connectivity index (χ1v) is 10.9. The largest absolute Gasteiger partial charge is 0.387 e. The number of hydrogen-bond donors (Lipinski definition) is 0. The Balaban J connectivity index is 1.53. The number of ketones is 1. The number of amides is 1. The Labute approximate surface area is 192 Å². The second-order valence-electron chi connectivity index (χ2n) is 7.71. The van der Waals surface area contributed by atoms with Crippen LogP contribution in [0.3, 0.4) is 0 Å². The molecule has 0 spiro atoms. The maximum atomic E-state index is 12.9. The van der Waals surface area contributed by atoms with Gasteiger partial charge in [-0.25, -0.2) is 0 Å². The molecule has 0 radical (unpaired) electrons. The number of nitrogens with zero attached hydrogens (tertiary/aromatic N) is 3. The van der Waals surface area contributed by atoms with E-state index in [1.807, 2.05) is 79.9 Å². The lowest BCUT2D eigenvalue weighted by molar-refractivity contribution is -0.112. The first-order valence-electron chi connectivity index (χ1n) is 10.5. The van der Waals surface area contributed by atoms with E-state index in [4.69, 9.17) is 16.4 Å². The molecule has 32 heavy (non-hydrogen) atoms. The summed E-state index contributed by atoms with van der Waals surface area (Å²) in [6.07, 6.45) is 0.829. The number of rotatable bonds is 7. The molecule has 0 bridgehead atoms. The second kappa shape index (κ2) is 9.01. The Hall–Kier alpha value is -3.38. The molecule has 1 aliphatic heterocycles. The average Bonchev–Trinajstić information content (AvgIpc) is 3.23. The van der Waals surface area contributed by atoms with Crippen LogP contribution in [0.25, 0.3) is 5.69 Å². The highest BCUT2D eigenvalue weighted by Gasteiger charge is 2.33. The number of Topliss-reactive ketones (excluding diaryl/α,β-unsaturated/α-hetero) is 1. The SMILES string of the molecule is CCCN1C(=O)/C(=N\OCC(=O)c2cc(C)n(-c3ccc(Cl)cc3)c2C)c2ccccc21. The number of aryl methyl sites for hydroxylation is 1. The van der Waals surface area contributed by atoms with E-state index in [-0.39, 0.29) is 24.0 Å². The summed E-state index contributed by atoms with van der Waals surface area (Å²) in [5.74, 6) is -0.409. The molecule has 2 heterocycles. The third-order valence-corrected chi connectivity index (χ3v) is 5.76. The van der Waals surface area contributed by atoms with Crippen molar-refractivity contribution in [1.82, 2.24) is 4.57 Å². The van der Waals surface area contributed by atoms with Crippen LogP contribution < -0.4 is 4.90 Å². The highest BCUT2D eigenvalue weighted by Crippen LogP contribution is 2.29. The van der Waals surface area contributed by atoms with Gasteiger partial charge in [-0.2, -0.15) is 0 Å². The molecule has 0 unspecified atom stereocenters. The van der Waals surface area contributed by atoms with Gasteiger partial charge in [0.05, 0.1) is 5.69 Å². The van der Waals surface area contributed by atoms with Crippen LogP contribution in [-0.2, 0) is 9.63 Å². The topological polar surface area (TPSA) is 63.9 Å². The van der Waals surface area contributed by atoms with Crippen LogP contribution in [0.5, 0.6) is 0 Å². The summed E-state index contributed by atoms with van der Waals surface area (Å²) in [5, 5.41) is 4.71. The number of para-hydroxylation sites is 1. The molecule has 1 aromatic heterocycles. The van der Waals surface area contributed by atoms with E-state index in [1.165, 1.54) is 0 Å². The zero-order chi connectivity index (χ0) is 22.8. The minimum atomic E-state index is -0.252. The van der Waals surface area contributed by atoms with Crippen LogP contribution in [0.4, 0.5) is 5.69 Å². The lowest BCUT2D eigenvalue weighted by Crippen LogP contribution is -2.30. The Morgan fingerprint density at radius 3 is 2.53 bits per heavy atom. The van der Waals surface area contributed by atoms with Crippen molar-refractivity contribution in [2.75, 3.05) is 18.1 Å². The Morgan fingerprint density at radius 2 is 1.81 bits per heavy atom. The van der Waals surface area contributed by atoms with Crippen LogP contribution in [0.15, 0.2) is 59.8 Å². The van der Waals surface area contributed by atoms with E-state index < -0.39 is 0 Å². The smallest absolute Gasteiger partial charge is 0.281 e. The van der Waals surface area contributed by atoms with E-state index in [2.05, 4.69) is 5.16 Å². The third-order valence-electron chi connectivity index (χ3n) is 5.51. The Bertz CT molecular complexity index is 1210. The first-order chi connectivity index (χ1) is 15.4. The van der Waals surface area contributed by atoms with Gasteiger partial charge in [-0.3, -0.25) is 9.59 Å². The lowest BCUT2D eigenvalue weighted by Gasteiger charge is -2.14. The third kappa shape index (κ3) is 3.94. The van der Waals surface area contributed by atoms with Crippen LogP contribution in [-0.4, -0.2) is 35.1 Å². The summed E-state index contributed by atoms with van der Waals surface area (Å²) in [4.78, 5) is 32.7. The van der Waals surface area contributed by atoms with E-state index >= 15 is 0 Å². The maximum Gasteiger partial charge on any atom is 0.281 e. The molecule has 2 aromatic carbocycles. The normalized spacial score (nSPS) is 14.2. The molecular formula is C25H24ClN3O3. The summed E-state index contributed by atoms with van der Waals surface area (Å²) < 4.78 is 1.99. The summed E-state index contributed by atoms with van der Waals surface area (Å²) in [6, 6.07) is 16.8. The number of halogens is 1. The van der Waals surface area contributed by atoms with Crippen molar-refractivity contribution in [3.8, 4) is 5.69 Å². The summed E-state index contributed by atoms with van der Waals surface area (Å²) in [7, 11) is 0. The van der Waals surface area contributed by atoms with Crippen molar-refractivity contribution in [3.05, 3.63) is 82.1 Å². The molecule has 7 heteroatoms. The van der Waals surface area contributed by atoms with Crippen molar-refractivity contribution in [1.29, 1.82) is 0 Å². The van der Waals surface area contributed by atoms with E-state index in [0.29, 0.717) is 17.1 Å². The van der Waals surface area contributed by atoms with Gasteiger partial charge in [0, 0.05) is 39.8 Å². The van der Waals surface area contributed by atoms with Crippen LogP contribution >= 0.6 is 11.6 Å². The molecule has 0 saturated heterocycles. The molecule has 1 amide bonds. The summed E-state index contributed by atoms with van der Waals surface area (Å²) in [5.41, 5.74) is 4.99. The zero-order valence-electron chi connectivity index (χ0n) is 18.3. The molecule has 6 nitrogen and oxygen atoms in total. The first kappa shape index (κ1) is 21.8. The number of carbonyl (C=O) groups is 2. The van der Waals surface area contributed by atoms with Gasteiger partial charge < -0.3 is 14.3 Å². The van der Waals surface area contributed by atoms with Crippen LogP contribution in [0.1, 0.15) is 40.7 Å². The Morgan fingerprint density at radius 1 is 1.09 bits per heavy atom. The molecule has 1 aliphatic rings. The maximum absolute atomic E-state index is 12.9. The van der Waals surface area contributed by atoms with E-state index in [0.717, 1.165) is 34.7 Å². The Kier molecular flexibility index (Phi) is 6.15. The quantitative estimate of drug-likeness (QED) is 0.372. The number of benzene rings is 2. The highest BCUT2D eigenvalue weighted by molar-refractivity contribution is 6.54. The van der Waals surface area contributed by atoms with Gasteiger partial charge in [0.15, 0.2) is 12.3 Å². The minimum absolute atomic E-state index is 0.202. The predicted molar refractivity (Wildman–Crippen MR) is 126 cm³/mol. The number of hydrogen-bond acceptors (Lipinski definition) is 4. The molecule has 4 rings (SSSR count). The number of aromatic nitrogens is 1. The van der Waals surface area contributed by atoms with E-state index in [1.54, 1.807) is 4.90 Å². The number of fused-ring (bicyclic) bond motifs is 1. The van der Waals surface area contributed by atoms with Gasteiger partial charge in [-0.1, -0.05) is 41.9 Å². The van der Waals surface area contributed by atoms with Crippen molar-refractivity contribution < 1.29 is 14.4 Å². The number of carbonyl (C=O) groups excluding carboxylic acids is 2. The van der Waals surface area contributed by atoms with E-state index in [9.17, 15) is 9.59 Å². The van der Waals surface area contributed by atoms with Crippen molar-refractivity contribution >= 4 is 34.7 Å². The molecule has 0 fully saturated rings. The minimum Gasteiger partial charge on any atom is -0.387 e.